The molecule has 1 amide bonds. The van der Waals surface area contributed by atoms with Crippen molar-refractivity contribution in [1.82, 2.24) is 9.88 Å². The number of aromatic nitrogens is 1. The molecule has 0 aromatic carbocycles. The fraction of sp³-hybridized carbons (Fsp3) is 0.684. The molecule has 4 heteroatoms. The largest absolute Gasteiger partial charge is 0.310 e. The second-order valence-electron chi connectivity index (χ2n) is 6.65. The van der Waals surface area contributed by atoms with Gasteiger partial charge in [-0.1, -0.05) is 33.6 Å². The molecule has 0 spiro atoms. The molecule has 130 valence electrons. The summed E-state index contributed by atoms with van der Waals surface area (Å²) in [4.78, 5) is 21.2. The summed E-state index contributed by atoms with van der Waals surface area (Å²) in [5.74, 6) is 0.774. The van der Waals surface area contributed by atoms with Crippen molar-refractivity contribution >= 4 is 11.6 Å². The van der Waals surface area contributed by atoms with Gasteiger partial charge in [-0.05, 0) is 38.3 Å². The Kier molecular flexibility index (Phi) is 8.85. The smallest absolute Gasteiger partial charge is 0.241 e. The average molecular weight is 319 g/mol. The molecule has 1 heterocycles. The van der Waals surface area contributed by atoms with Crippen LogP contribution in [0.25, 0.3) is 0 Å². The Morgan fingerprint density at radius 1 is 1.26 bits per heavy atom. The number of carbonyl (C=O) groups excluding carboxylic acids is 1. The van der Waals surface area contributed by atoms with Crippen LogP contribution in [0.2, 0.25) is 0 Å². The van der Waals surface area contributed by atoms with Crippen LogP contribution >= 0.6 is 0 Å². The van der Waals surface area contributed by atoms with Gasteiger partial charge in [-0.25, -0.2) is 0 Å². The third-order valence-corrected chi connectivity index (χ3v) is 4.31. The molecule has 0 fully saturated rings. The van der Waals surface area contributed by atoms with Crippen LogP contribution in [0.15, 0.2) is 24.5 Å². The van der Waals surface area contributed by atoms with Crippen LogP contribution in [0, 0.1) is 5.92 Å². The number of amides is 1. The van der Waals surface area contributed by atoms with Crippen molar-refractivity contribution in [3.8, 4) is 0 Å². The first-order valence-corrected chi connectivity index (χ1v) is 8.93. The summed E-state index contributed by atoms with van der Waals surface area (Å²) >= 11 is 0. The Morgan fingerprint density at radius 2 is 2.00 bits per heavy atom. The molecule has 0 aliphatic heterocycles. The lowest BCUT2D eigenvalue weighted by atomic mass is 10.1. The van der Waals surface area contributed by atoms with E-state index < -0.39 is 0 Å². The highest BCUT2D eigenvalue weighted by molar-refractivity contribution is 5.94. The summed E-state index contributed by atoms with van der Waals surface area (Å²) in [6.45, 7) is 13.1. The van der Waals surface area contributed by atoms with E-state index in [1.165, 1.54) is 0 Å². The molecule has 0 saturated heterocycles. The van der Waals surface area contributed by atoms with Gasteiger partial charge < -0.3 is 4.90 Å². The SMILES string of the molecule is CCCCN(C(=O)CN(C[C@@H](C)CC)C(C)C)c1cccnc1. The van der Waals surface area contributed by atoms with E-state index in [0.29, 0.717) is 18.5 Å². The maximum atomic E-state index is 12.9. The predicted octanol–water partition coefficient (Wildman–Crippen LogP) is 3.97. The van der Waals surface area contributed by atoms with Crippen LogP contribution in [0.3, 0.4) is 0 Å². The molecule has 1 rings (SSSR count). The summed E-state index contributed by atoms with van der Waals surface area (Å²) in [6, 6.07) is 4.23. The predicted molar refractivity (Wildman–Crippen MR) is 97.7 cm³/mol. The van der Waals surface area contributed by atoms with Crippen LogP contribution in [0.5, 0.6) is 0 Å². The molecule has 23 heavy (non-hydrogen) atoms. The van der Waals surface area contributed by atoms with Crippen LogP contribution < -0.4 is 4.90 Å². The number of pyridine rings is 1. The average Bonchev–Trinajstić information content (AvgIpc) is 2.55. The monoisotopic (exact) mass is 319 g/mol. The van der Waals surface area contributed by atoms with Gasteiger partial charge in [0, 0.05) is 25.3 Å². The Balaban J connectivity index is 2.82. The number of carbonyl (C=O) groups is 1. The van der Waals surface area contributed by atoms with Gasteiger partial charge in [0.15, 0.2) is 0 Å². The molecule has 0 aliphatic carbocycles. The van der Waals surface area contributed by atoms with E-state index in [0.717, 1.165) is 38.0 Å². The Morgan fingerprint density at radius 3 is 2.52 bits per heavy atom. The highest BCUT2D eigenvalue weighted by atomic mass is 16.2. The first-order valence-electron chi connectivity index (χ1n) is 8.93. The van der Waals surface area contributed by atoms with Gasteiger partial charge >= 0.3 is 0 Å². The zero-order chi connectivity index (χ0) is 17.2. The van der Waals surface area contributed by atoms with E-state index in [2.05, 4.69) is 44.5 Å². The Bertz CT molecular complexity index is 447. The van der Waals surface area contributed by atoms with Gasteiger partial charge in [0.05, 0.1) is 18.4 Å². The van der Waals surface area contributed by atoms with Crippen LogP contribution in [-0.4, -0.2) is 41.5 Å². The van der Waals surface area contributed by atoms with Gasteiger partial charge in [0.2, 0.25) is 5.91 Å². The number of anilines is 1. The van der Waals surface area contributed by atoms with Crippen molar-refractivity contribution < 1.29 is 4.79 Å². The number of nitrogens with zero attached hydrogens (tertiary/aromatic N) is 3. The van der Waals surface area contributed by atoms with Gasteiger partial charge in [0.25, 0.3) is 0 Å². The molecule has 0 unspecified atom stereocenters. The van der Waals surface area contributed by atoms with Gasteiger partial charge in [0.1, 0.15) is 0 Å². The van der Waals surface area contributed by atoms with E-state index >= 15 is 0 Å². The first-order chi connectivity index (χ1) is 11.0. The van der Waals surface area contributed by atoms with Crippen molar-refractivity contribution in [2.75, 3.05) is 24.5 Å². The summed E-state index contributed by atoms with van der Waals surface area (Å²) in [5, 5.41) is 0. The maximum absolute atomic E-state index is 12.9. The fourth-order valence-electron chi connectivity index (χ4n) is 2.47. The summed E-state index contributed by atoms with van der Waals surface area (Å²) < 4.78 is 0. The van der Waals surface area contributed by atoms with Gasteiger partial charge in [-0.15, -0.1) is 0 Å². The van der Waals surface area contributed by atoms with Crippen molar-refractivity contribution in [1.29, 1.82) is 0 Å². The standard InChI is InChI=1S/C19H33N3O/c1-6-8-12-22(18-10-9-11-20-13-18)19(23)15-21(16(3)4)14-17(5)7-2/h9-11,13,16-17H,6-8,12,14-15H2,1-5H3/t17-/m0/s1. The zero-order valence-corrected chi connectivity index (χ0v) is 15.5. The van der Waals surface area contributed by atoms with Crippen molar-refractivity contribution in [2.24, 2.45) is 5.92 Å². The topological polar surface area (TPSA) is 36.4 Å². The van der Waals surface area contributed by atoms with E-state index in [1.807, 2.05) is 17.0 Å². The molecule has 0 radical (unpaired) electrons. The van der Waals surface area contributed by atoms with E-state index in [-0.39, 0.29) is 5.91 Å². The third-order valence-electron chi connectivity index (χ3n) is 4.31. The van der Waals surface area contributed by atoms with E-state index in [1.54, 1.807) is 12.4 Å². The minimum atomic E-state index is 0.170. The van der Waals surface area contributed by atoms with E-state index in [4.69, 9.17) is 0 Å². The zero-order valence-electron chi connectivity index (χ0n) is 15.5. The summed E-state index contributed by atoms with van der Waals surface area (Å²) in [7, 11) is 0. The highest BCUT2D eigenvalue weighted by Gasteiger charge is 2.21. The maximum Gasteiger partial charge on any atom is 0.241 e. The molecule has 0 aliphatic rings. The Hall–Kier alpha value is -1.42. The second-order valence-corrected chi connectivity index (χ2v) is 6.65. The Labute approximate surface area is 141 Å². The third kappa shape index (κ3) is 6.69. The number of hydrogen-bond acceptors (Lipinski definition) is 3. The molecule has 0 N–H and O–H groups in total. The van der Waals surface area contributed by atoms with Crippen molar-refractivity contribution in [2.45, 2.75) is 59.9 Å². The van der Waals surface area contributed by atoms with Gasteiger partial charge in [-0.3, -0.25) is 14.7 Å². The molecule has 0 saturated carbocycles. The van der Waals surface area contributed by atoms with Crippen LogP contribution in [0.4, 0.5) is 5.69 Å². The van der Waals surface area contributed by atoms with Crippen molar-refractivity contribution in [3.63, 3.8) is 0 Å². The molecule has 1 atom stereocenters. The lowest BCUT2D eigenvalue weighted by Gasteiger charge is -2.31. The molecule has 4 nitrogen and oxygen atoms in total. The molecule has 1 aromatic rings. The first kappa shape index (κ1) is 19.6. The van der Waals surface area contributed by atoms with Crippen LogP contribution in [-0.2, 0) is 4.79 Å². The summed E-state index contributed by atoms with van der Waals surface area (Å²) in [5.41, 5.74) is 0.901. The second kappa shape index (κ2) is 10.4. The normalized spacial score (nSPS) is 12.7. The van der Waals surface area contributed by atoms with Crippen molar-refractivity contribution in [3.05, 3.63) is 24.5 Å². The highest BCUT2D eigenvalue weighted by Crippen LogP contribution is 2.15. The fourth-order valence-corrected chi connectivity index (χ4v) is 2.47. The van der Waals surface area contributed by atoms with E-state index in [9.17, 15) is 4.79 Å². The quantitative estimate of drug-likeness (QED) is 0.655. The molecular formula is C19H33N3O. The molecule has 0 bridgehead atoms. The van der Waals surface area contributed by atoms with Gasteiger partial charge in [-0.2, -0.15) is 0 Å². The lowest BCUT2D eigenvalue weighted by Crippen LogP contribution is -2.45. The summed E-state index contributed by atoms with van der Waals surface area (Å²) in [6.07, 6.45) is 6.75. The molecular weight excluding hydrogens is 286 g/mol. The minimum Gasteiger partial charge on any atom is -0.310 e. The number of hydrogen-bond donors (Lipinski definition) is 0. The molecule has 1 aromatic heterocycles. The van der Waals surface area contributed by atoms with Crippen LogP contribution in [0.1, 0.15) is 53.9 Å². The lowest BCUT2D eigenvalue weighted by molar-refractivity contribution is -0.120. The minimum absolute atomic E-state index is 0.170. The number of rotatable bonds is 10. The number of unbranched alkanes of at least 4 members (excludes halogenated alkanes) is 1.